The predicted octanol–water partition coefficient (Wildman–Crippen LogP) is 3.49. The third-order valence-corrected chi connectivity index (χ3v) is 7.78. The fourth-order valence-corrected chi connectivity index (χ4v) is 6.72. The largest absolute Gasteiger partial charge is 0.327 e. The van der Waals surface area contributed by atoms with Crippen molar-refractivity contribution in [3.05, 3.63) is 35.9 Å². The van der Waals surface area contributed by atoms with E-state index in [1.807, 2.05) is 37.3 Å². The van der Waals surface area contributed by atoms with Gasteiger partial charge in [-0.2, -0.15) is 0 Å². The Morgan fingerprint density at radius 1 is 1.53 bits per heavy atom. The summed E-state index contributed by atoms with van der Waals surface area (Å²) >= 11 is 6.90. The van der Waals surface area contributed by atoms with Gasteiger partial charge in [-0.15, -0.1) is 0 Å². The van der Waals surface area contributed by atoms with Crippen LogP contribution in [0.5, 0.6) is 0 Å². The molecule has 0 fully saturated rings. The first-order valence-corrected chi connectivity index (χ1v) is 9.51. The molecule has 2 unspecified atom stereocenters. The number of hydrogen-bond acceptors (Lipinski definition) is 4. The molecule has 0 radical (unpaired) electrons. The summed E-state index contributed by atoms with van der Waals surface area (Å²) in [7, 11) is 0. The SMILES string of the molecule is CCOP(=S)(NC=O)SC(C)c1ccccc1. The van der Waals surface area contributed by atoms with E-state index >= 15 is 0 Å². The van der Waals surface area contributed by atoms with Crippen LogP contribution in [0, 0.1) is 0 Å². The molecule has 1 aromatic carbocycles. The van der Waals surface area contributed by atoms with Crippen LogP contribution in [0.15, 0.2) is 30.3 Å². The highest BCUT2D eigenvalue weighted by molar-refractivity contribution is 8.68. The smallest absolute Gasteiger partial charge is 0.213 e. The normalized spacial score (nSPS) is 15.9. The zero-order valence-corrected chi connectivity index (χ0v) is 12.4. The molecule has 1 amide bonds. The minimum Gasteiger partial charge on any atom is -0.327 e. The zero-order chi connectivity index (χ0) is 12.7. The van der Waals surface area contributed by atoms with Gasteiger partial charge in [-0.3, -0.25) is 4.79 Å². The van der Waals surface area contributed by atoms with Crippen molar-refractivity contribution in [1.82, 2.24) is 5.09 Å². The van der Waals surface area contributed by atoms with Gasteiger partial charge in [-0.05, 0) is 31.2 Å². The van der Waals surface area contributed by atoms with E-state index in [0.717, 1.165) is 0 Å². The number of carbonyl (C=O) groups is 1. The van der Waals surface area contributed by atoms with Crippen molar-refractivity contribution in [2.75, 3.05) is 6.61 Å². The van der Waals surface area contributed by atoms with E-state index in [1.54, 1.807) is 0 Å². The molecule has 2 atom stereocenters. The third kappa shape index (κ3) is 4.80. The Morgan fingerprint density at radius 3 is 2.71 bits per heavy atom. The maximum atomic E-state index is 10.6. The lowest BCUT2D eigenvalue weighted by molar-refractivity contribution is -0.108. The summed E-state index contributed by atoms with van der Waals surface area (Å²) in [6.45, 7) is 4.44. The van der Waals surface area contributed by atoms with Crippen molar-refractivity contribution in [3.8, 4) is 0 Å². The summed E-state index contributed by atoms with van der Waals surface area (Å²) in [5.74, 6) is 0. The topological polar surface area (TPSA) is 38.3 Å². The Kier molecular flexibility index (Phi) is 6.20. The second-order valence-electron chi connectivity index (χ2n) is 3.32. The van der Waals surface area contributed by atoms with Gasteiger partial charge in [0, 0.05) is 5.25 Å². The van der Waals surface area contributed by atoms with Crippen LogP contribution in [0.1, 0.15) is 24.7 Å². The third-order valence-electron chi connectivity index (χ3n) is 2.08. The molecule has 0 aliphatic rings. The Balaban J connectivity index is 2.74. The van der Waals surface area contributed by atoms with Crippen LogP contribution in [0.3, 0.4) is 0 Å². The van der Waals surface area contributed by atoms with E-state index in [1.165, 1.54) is 16.9 Å². The molecule has 0 spiro atoms. The Morgan fingerprint density at radius 2 is 2.18 bits per heavy atom. The van der Waals surface area contributed by atoms with Gasteiger partial charge in [-0.25, -0.2) is 0 Å². The Labute approximate surface area is 111 Å². The monoisotopic (exact) mass is 289 g/mol. The number of amides is 1. The van der Waals surface area contributed by atoms with Crippen molar-refractivity contribution < 1.29 is 9.32 Å². The zero-order valence-electron chi connectivity index (χ0n) is 9.83. The lowest BCUT2D eigenvalue weighted by Gasteiger charge is -2.23. The summed E-state index contributed by atoms with van der Waals surface area (Å²) in [6.07, 6.45) is 0.626. The summed E-state index contributed by atoms with van der Waals surface area (Å²) in [4.78, 5) is 10.6. The minimum atomic E-state index is -2.31. The van der Waals surface area contributed by atoms with Crippen molar-refractivity contribution in [2.24, 2.45) is 0 Å². The lowest BCUT2D eigenvalue weighted by Crippen LogP contribution is -2.08. The van der Waals surface area contributed by atoms with E-state index in [9.17, 15) is 4.79 Å². The van der Waals surface area contributed by atoms with Crippen LogP contribution < -0.4 is 5.09 Å². The molecule has 0 aliphatic heterocycles. The molecular formula is C11H16NO2PS2. The molecule has 17 heavy (non-hydrogen) atoms. The van der Waals surface area contributed by atoms with Gasteiger partial charge in [0.2, 0.25) is 12.0 Å². The van der Waals surface area contributed by atoms with Crippen LogP contribution in [0.25, 0.3) is 0 Å². The molecule has 0 saturated heterocycles. The number of carbonyl (C=O) groups excluding carboxylic acids is 1. The molecule has 6 heteroatoms. The lowest BCUT2D eigenvalue weighted by atomic mass is 10.2. The van der Waals surface area contributed by atoms with Gasteiger partial charge < -0.3 is 9.61 Å². The Hall–Kier alpha value is -0.350. The maximum Gasteiger partial charge on any atom is 0.213 e. The van der Waals surface area contributed by atoms with Crippen LogP contribution >= 0.6 is 17.0 Å². The van der Waals surface area contributed by atoms with Gasteiger partial charge in [0.25, 0.3) is 0 Å². The summed E-state index contributed by atoms with van der Waals surface area (Å²) in [6, 6.07) is 10.0. The molecule has 1 aromatic rings. The van der Waals surface area contributed by atoms with Crippen molar-refractivity contribution in [1.29, 1.82) is 0 Å². The van der Waals surface area contributed by atoms with Gasteiger partial charge in [-0.1, -0.05) is 41.7 Å². The second kappa shape index (κ2) is 7.17. The van der Waals surface area contributed by atoms with Crippen LogP contribution in [0.4, 0.5) is 0 Å². The highest BCUT2D eigenvalue weighted by atomic mass is 32.9. The molecule has 0 aliphatic carbocycles. The highest BCUT2D eigenvalue weighted by Gasteiger charge is 2.21. The first-order chi connectivity index (χ1) is 8.11. The molecule has 1 rings (SSSR count). The summed E-state index contributed by atoms with van der Waals surface area (Å²) in [5, 5.41) is 2.84. The van der Waals surface area contributed by atoms with Gasteiger partial charge in [0.05, 0.1) is 6.61 Å². The predicted molar refractivity (Wildman–Crippen MR) is 77.6 cm³/mol. The quantitative estimate of drug-likeness (QED) is 0.616. The average Bonchev–Trinajstić information content (AvgIpc) is 2.30. The first kappa shape index (κ1) is 14.7. The second-order valence-corrected chi connectivity index (χ2v) is 10.2. The van der Waals surface area contributed by atoms with Crippen LogP contribution in [0.2, 0.25) is 0 Å². The number of hydrogen-bond donors (Lipinski definition) is 1. The van der Waals surface area contributed by atoms with Crippen molar-refractivity contribution in [3.63, 3.8) is 0 Å². The molecule has 94 valence electrons. The number of benzene rings is 1. The minimum absolute atomic E-state index is 0.195. The van der Waals surface area contributed by atoms with Crippen molar-refractivity contribution in [2.45, 2.75) is 19.1 Å². The van der Waals surface area contributed by atoms with E-state index in [4.69, 9.17) is 16.3 Å². The summed E-state index contributed by atoms with van der Waals surface area (Å²) in [5.41, 5.74) is -1.13. The fourth-order valence-electron chi connectivity index (χ4n) is 1.33. The molecule has 1 N–H and O–H groups in total. The van der Waals surface area contributed by atoms with E-state index in [-0.39, 0.29) is 5.25 Å². The molecule has 0 bridgehead atoms. The maximum absolute atomic E-state index is 10.6. The van der Waals surface area contributed by atoms with E-state index in [2.05, 4.69) is 12.0 Å². The fraction of sp³-hybridized carbons (Fsp3) is 0.364. The van der Waals surface area contributed by atoms with Crippen molar-refractivity contribution >= 4 is 35.2 Å². The van der Waals surface area contributed by atoms with Gasteiger partial charge >= 0.3 is 0 Å². The molecule has 0 heterocycles. The number of rotatable bonds is 7. The average molecular weight is 289 g/mol. The summed E-state index contributed by atoms with van der Waals surface area (Å²) < 4.78 is 5.51. The number of nitrogens with one attached hydrogen (secondary N) is 1. The van der Waals surface area contributed by atoms with Gasteiger partial charge in [0.15, 0.2) is 0 Å². The van der Waals surface area contributed by atoms with Crippen LogP contribution in [-0.2, 0) is 21.1 Å². The Bertz CT molecular complexity index is 400. The standard InChI is InChI=1S/C11H16NO2PS2/c1-3-14-15(16,12-9-13)17-10(2)11-7-5-4-6-8-11/h4-10H,3H2,1-2H3,(H,12,13,16). The van der Waals surface area contributed by atoms with E-state index < -0.39 is 5.62 Å². The highest BCUT2D eigenvalue weighted by Crippen LogP contribution is 2.61. The van der Waals surface area contributed by atoms with E-state index in [0.29, 0.717) is 13.0 Å². The van der Waals surface area contributed by atoms with Crippen LogP contribution in [-0.4, -0.2) is 13.0 Å². The molecule has 3 nitrogen and oxygen atoms in total. The molecule has 0 aromatic heterocycles. The first-order valence-electron chi connectivity index (χ1n) is 5.30. The molecule has 0 saturated carbocycles. The molecular weight excluding hydrogens is 273 g/mol. The van der Waals surface area contributed by atoms with Gasteiger partial charge in [0.1, 0.15) is 0 Å².